The monoisotopic (exact) mass is 357 g/mol. The van der Waals surface area contributed by atoms with Crippen molar-refractivity contribution in [1.29, 1.82) is 0 Å². The molecule has 8 nitrogen and oxygen atoms in total. The third-order valence-electron chi connectivity index (χ3n) is 4.13. The van der Waals surface area contributed by atoms with E-state index in [1.807, 2.05) is 18.2 Å². The van der Waals surface area contributed by atoms with E-state index in [-0.39, 0.29) is 36.9 Å². The van der Waals surface area contributed by atoms with Crippen molar-refractivity contribution in [3.8, 4) is 5.75 Å². The van der Waals surface area contributed by atoms with Gasteiger partial charge in [0.05, 0.1) is 50.3 Å². The number of nitrogens with zero attached hydrogens (tertiary/aromatic N) is 2. The van der Waals surface area contributed by atoms with Gasteiger partial charge in [0.1, 0.15) is 11.4 Å². The maximum Gasteiger partial charge on any atom is 0.337 e. The van der Waals surface area contributed by atoms with Gasteiger partial charge in [-0.2, -0.15) is 0 Å². The lowest BCUT2D eigenvalue weighted by Crippen LogP contribution is -2.31. The quantitative estimate of drug-likeness (QED) is 0.741. The molecule has 1 aromatic carbocycles. The summed E-state index contributed by atoms with van der Waals surface area (Å²) >= 11 is 0. The van der Waals surface area contributed by atoms with Crippen LogP contribution >= 0.6 is 0 Å². The van der Waals surface area contributed by atoms with Crippen molar-refractivity contribution < 1.29 is 24.2 Å². The van der Waals surface area contributed by atoms with Crippen molar-refractivity contribution in [3.63, 3.8) is 0 Å². The van der Waals surface area contributed by atoms with Crippen LogP contribution in [0, 0.1) is 0 Å². The number of anilines is 1. The van der Waals surface area contributed by atoms with E-state index in [2.05, 4.69) is 10.3 Å². The van der Waals surface area contributed by atoms with E-state index in [1.165, 1.54) is 12.0 Å². The van der Waals surface area contributed by atoms with Gasteiger partial charge in [-0.05, 0) is 12.1 Å². The number of fused-ring (bicyclic) bond motifs is 1. The molecule has 8 heteroatoms. The molecule has 2 N–H and O–H groups in total. The highest BCUT2D eigenvalue weighted by Crippen LogP contribution is 2.28. The number of benzene rings is 1. The molecule has 0 atom stereocenters. The Kier molecular flexibility index (Phi) is 5.04. The van der Waals surface area contributed by atoms with Crippen LogP contribution in [0.25, 0.3) is 10.9 Å². The second-order valence-electron chi connectivity index (χ2n) is 5.67. The smallest absolute Gasteiger partial charge is 0.337 e. The fraction of sp³-hybridized carbons (Fsp3) is 0.278. The summed E-state index contributed by atoms with van der Waals surface area (Å²) in [4.78, 5) is 30.4. The van der Waals surface area contributed by atoms with Gasteiger partial charge in [-0.15, -0.1) is 0 Å². The molecule has 0 unspecified atom stereocenters. The third kappa shape index (κ3) is 3.18. The maximum absolute atomic E-state index is 12.6. The summed E-state index contributed by atoms with van der Waals surface area (Å²) in [5.74, 6) is -0.337. The Bertz CT molecular complexity index is 894. The average Bonchev–Trinajstić information content (AvgIpc) is 2.97. The van der Waals surface area contributed by atoms with Gasteiger partial charge in [-0.3, -0.25) is 9.78 Å². The van der Waals surface area contributed by atoms with Crippen LogP contribution in [-0.2, 0) is 14.3 Å². The number of hydrogen-bond acceptors (Lipinski definition) is 7. The van der Waals surface area contributed by atoms with E-state index in [1.54, 1.807) is 19.4 Å². The largest absolute Gasteiger partial charge is 0.495 e. The van der Waals surface area contributed by atoms with Crippen LogP contribution in [0.1, 0.15) is 0 Å². The summed E-state index contributed by atoms with van der Waals surface area (Å²) < 4.78 is 9.96. The number of ether oxygens (including phenoxy) is 2. The summed E-state index contributed by atoms with van der Waals surface area (Å²) in [6, 6.07) is 7.29. The SMILES string of the molecule is COC(=O)C1=C(Nc2cccc3cc(OC)cnc23)C(=O)N(CCO)C1. The number of aromatic nitrogens is 1. The van der Waals surface area contributed by atoms with Crippen LogP contribution in [0.2, 0.25) is 0 Å². The number of β-amino-alcohol motifs (C(OH)–C–C–N with tert-alkyl or cyclic N) is 1. The number of methoxy groups -OCH3 is 2. The minimum Gasteiger partial charge on any atom is -0.495 e. The van der Waals surface area contributed by atoms with Crippen molar-refractivity contribution in [2.75, 3.05) is 39.2 Å². The van der Waals surface area contributed by atoms with Crippen LogP contribution < -0.4 is 10.1 Å². The van der Waals surface area contributed by atoms with Gasteiger partial charge in [0, 0.05) is 11.9 Å². The molecule has 1 aromatic heterocycles. The first-order chi connectivity index (χ1) is 12.6. The maximum atomic E-state index is 12.6. The number of carbonyl (C=O) groups excluding carboxylic acids is 2. The van der Waals surface area contributed by atoms with Crippen LogP contribution in [0.15, 0.2) is 41.7 Å². The number of hydrogen-bond donors (Lipinski definition) is 2. The van der Waals surface area contributed by atoms with Gasteiger partial charge >= 0.3 is 5.97 Å². The summed E-state index contributed by atoms with van der Waals surface area (Å²) in [6.45, 7) is 0.0268. The lowest BCUT2D eigenvalue weighted by atomic mass is 10.1. The Labute approximate surface area is 150 Å². The highest BCUT2D eigenvalue weighted by atomic mass is 16.5. The minimum absolute atomic E-state index is 0.0837. The van der Waals surface area contributed by atoms with E-state index >= 15 is 0 Å². The fourth-order valence-electron chi connectivity index (χ4n) is 2.84. The second-order valence-corrected chi connectivity index (χ2v) is 5.67. The molecule has 2 heterocycles. The Hall–Kier alpha value is -3.13. The Morgan fingerprint density at radius 1 is 1.38 bits per heavy atom. The normalized spacial score (nSPS) is 14.1. The summed E-state index contributed by atoms with van der Waals surface area (Å²) in [7, 11) is 2.82. The summed E-state index contributed by atoms with van der Waals surface area (Å²) in [6.07, 6.45) is 1.58. The topological polar surface area (TPSA) is 101 Å². The van der Waals surface area contributed by atoms with E-state index < -0.39 is 5.97 Å². The van der Waals surface area contributed by atoms with Gasteiger partial charge in [0.15, 0.2) is 0 Å². The number of amides is 1. The number of para-hydroxylation sites is 1. The zero-order valence-electron chi connectivity index (χ0n) is 14.5. The van der Waals surface area contributed by atoms with Crippen molar-refractivity contribution in [3.05, 3.63) is 41.7 Å². The third-order valence-corrected chi connectivity index (χ3v) is 4.13. The van der Waals surface area contributed by atoms with E-state index in [9.17, 15) is 9.59 Å². The number of aliphatic hydroxyl groups excluding tert-OH is 1. The Morgan fingerprint density at radius 3 is 2.88 bits per heavy atom. The molecule has 0 saturated carbocycles. The van der Waals surface area contributed by atoms with Crippen molar-refractivity contribution in [1.82, 2.24) is 9.88 Å². The van der Waals surface area contributed by atoms with Gasteiger partial charge in [0.2, 0.25) is 0 Å². The predicted octanol–water partition coefficient (Wildman–Crippen LogP) is 0.917. The molecule has 0 aliphatic carbocycles. The Balaban J connectivity index is 2.01. The molecule has 0 radical (unpaired) electrons. The minimum atomic E-state index is -0.587. The lowest BCUT2D eigenvalue weighted by Gasteiger charge is -2.15. The average molecular weight is 357 g/mol. The lowest BCUT2D eigenvalue weighted by molar-refractivity contribution is -0.136. The predicted molar refractivity (Wildman–Crippen MR) is 94.6 cm³/mol. The number of esters is 1. The first kappa shape index (κ1) is 17.7. The van der Waals surface area contributed by atoms with E-state index in [0.29, 0.717) is 17.0 Å². The van der Waals surface area contributed by atoms with Crippen LogP contribution in [0.4, 0.5) is 5.69 Å². The highest BCUT2D eigenvalue weighted by Gasteiger charge is 2.34. The molecule has 1 aliphatic heterocycles. The number of carbonyl (C=O) groups is 2. The van der Waals surface area contributed by atoms with Crippen molar-refractivity contribution in [2.24, 2.45) is 0 Å². The molecule has 0 saturated heterocycles. The first-order valence-electron chi connectivity index (χ1n) is 8.00. The number of pyridine rings is 1. The van der Waals surface area contributed by atoms with Gasteiger partial charge in [0.25, 0.3) is 5.91 Å². The van der Waals surface area contributed by atoms with E-state index in [4.69, 9.17) is 14.6 Å². The molecular formula is C18H19N3O5. The van der Waals surface area contributed by atoms with Crippen molar-refractivity contribution >= 4 is 28.5 Å². The number of rotatable bonds is 6. The molecular weight excluding hydrogens is 338 g/mol. The van der Waals surface area contributed by atoms with Crippen LogP contribution in [-0.4, -0.2) is 60.8 Å². The molecule has 1 aliphatic rings. The molecule has 3 rings (SSSR count). The molecule has 136 valence electrons. The first-order valence-corrected chi connectivity index (χ1v) is 8.00. The zero-order chi connectivity index (χ0) is 18.7. The number of aliphatic hydroxyl groups is 1. The van der Waals surface area contributed by atoms with Gasteiger partial charge < -0.3 is 24.8 Å². The van der Waals surface area contributed by atoms with Crippen LogP contribution in [0.3, 0.4) is 0 Å². The van der Waals surface area contributed by atoms with Crippen molar-refractivity contribution in [2.45, 2.75) is 0 Å². The zero-order valence-corrected chi connectivity index (χ0v) is 14.5. The molecule has 0 bridgehead atoms. The summed E-state index contributed by atoms with van der Waals surface area (Å²) in [5.41, 5.74) is 1.58. The van der Waals surface area contributed by atoms with E-state index in [0.717, 1.165) is 5.39 Å². The molecule has 1 amide bonds. The number of nitrogens with one attached hydrogen (secondary N) is 1. The molecule has 26 heavy (non-hydrogen) atoms. The highest BCUT2D eigenvalue weighted by molar-refractivity contribution is 6.09. The molecule has 0 spiro atoms. The second kappa shape index (κ2) is 7.40. The molecule has 2 aromatic rings. The van der Waals surface area contributed by atoms with Gasteiger partial charge in [-0.1, -0.05) is 12.1 Å². The summed E-state index contributed by atoms with van der Waals surface area (Å²) in [5, 5.41) is 13.0. The standard InChI is InChI=1S/C18H19N3O5/c1-25-12-8-11-4-3-5-14(15(11)19-9-12)20-16-13(18(24)26-2)10-21(6-7-22)17(16)23/h3-5,8-9,20,22H,6-7,10H2,1-2H3. The van der Waals surface area contributed by atoms with Gasteiger partial charge in [-0.25, -0.2) is 4.79 Å². The van der Waals surface area contributed by atoms with Crippen LogP contribution in [0.5, 0.6) is 5.75 Å². The molecule has 0 fully saturated rings. The Morgan fingerprint density at radius 2 is 2.19 bits per heavy atom. The fourth-order valence-corrected chi connectivity index (χ4v) is 2.84.